The number of halogens is 7. The molecule has 2 amide bonds. The number of sulfonamides is 1. The van der Waals surface area contributed by atoms with Crippen molar-refractivity contribution in [2.24, 2.45) is 0 Å². The molecule has 0 radical (unpaired) electrons. The molecule has 2 aromatic heterocycles. The molecule has 2 heterocycles. The number of para-hydroxylation sites is 1. The van der Waals surface area contributed by atoms with Crippen LogP contribution < -0.4 is 29.0 Å². The van der Waals surface area contributed by atoms with E-state index in [1.807, 2.05) is 4.72 Å². The minimum absolute atomic E-state index is 0.0181. The zero-order chi connectivity index (χ0) is 51.1. The van der Waals surface area contributed by atoms with Crippen LogP contribution >= 0.6 is 46.4 Å². The predicted molar refractivity (Wildman–Crippen MR) is 243 cm³/mol. The van der Waals surface area contributed by atoms with Crippen molar-refractivity contribution in [3.05, 3.63) is 123 Å². The smallest absolute Gasteiger partial charge is 0.416 e. The summed E-state index contributed by atoms with van der Waals surface area (Å²) in [5.41, 5.74) is -0.551. The minimum Gasteiger partial charge on any atom is -0.491 e. The van der Waals surface area contributed by atoms with Gasteiger partial charge < -0.3 is 33.9 Å². The number of methoxy groups -OCH3 is 1. The number of hydrogen-bond acceptors (Lipinski definition) is 15. The third kappa shape index (κ3) is 16.4. The highest BCUT2D eigenvalue weighted by Crippen LogP contribution is 2.37. The van der Waals surface area contributed by atoms with Crippen molar-refractivity contribution in [3.63, 3.8) is 0 Å². The number of anilines is 1. The summed E-state index contributed by atoms with van der Waals surface area (Å²) < 4.78 is 90.1. The van der Waals surface area contributed by atoms with Crippen LogP contribution in [-0.2, 0) is 30.5 Å². The van der Waals surface area contributed by atoms with Gasteiger partial charge in [0.1, 0.15) is 45.8 Å². The van der Waals surface area contributed by atoms with E-state index in [0.29, 0.717) is 22.4 Å². The molecule has 4 N–H and O–H groups in total. The first-order chi connectivity index (χ1) is 32.5. The second-order valence-corrected chi connectivity index (χ2v) is 16.4. The number of ether oxygens (including phenoxy) is 5. The SMILES string of the molecule is COc1nc(C)nc(NC(=O)NS(=O)(=O)c2ccccc2OCCCl)n1.C[C@H](OC(=O)c1cc(Oc2ccc(C(F)(F)F)cc2Cl)ccc1Cl)C(=O)O.O=C(O)COc1ccc(Cl)c2cccnc12. The number of pyridine rings is 1. The van der Waals surface area contributed by atoms with Crippen molar-refractivity contribution in [2.45, 2.75) is 31.0 Å². The van der Waals surface area contributed by atoms with Crippen LogP contribution in [-0.4, -0.2) is 94.8 Å². The molecular formula is C42H35Cl4F3N6O13S. The summed E-state index contributed by atoms with van der Waals surface area (Å²) in [4.78, 5) is 60.7. The van der Waals surface area contributed by atoms with Crippen LogP contribution in [0.2, 0.25) is 15.1 Å². The van der Waals surface area contributed by atoms with Gasteiger partial charge in [-0.3, -0.25) is 10.3 Å². The van der Waals surface area contributed by atoms with Crippen molar-refractivity contribution in [3.8, 4) is 29.0 Å². The van der Waals surface area contributed by atoms with Crippen LogP contribution in [0.3, 0.4) is 0 Å². The number of carbonyl (C=O) groups is 4. The van der Waals surface area contributed by atoms with Crippen LogP contribution in [0.15, 0.2) is 96.0 Å². The Kier molecular flexibility index (Phi) is 19.7. The Bertz CT molecular complexity index is 2940. The Morgan fingerprint density at radius 3 is 2.17 bits per heavy atom. The molecule has 0 saturated heterocycles. The molecule has 27 heteroatoms. The Morgan fingerprint density at radius 1 is 0.826 bits per heavy atom. The number of hydrogen-bond donors (Lipinski definition) is 4. The summed E-state index contributed by atoms with van der Waals surface area (Å²) in [7, 11) is -2.85. The number of esters is 1. The van der Waals surface area contributed by atoms with Gasteiger partial charge in [-0.05, 0) is 86.6 Å². The van der Waals surface area contributed by atoms with Crippen LogP contribution in [0.1, 0.15) is 28.7 Å². The molecule has 0 unspecified atom stereocenters. The number of aromatic nitrogens is 4. The fourth-order valence-corrected chi connectivity index (χ4v) is 6.86. The number of aryl methyl sites for hydroxylation is 1. The summed E-state index contributed by atoms with van der Waals surface area (Å²) in [6.45, 7) is 2.45. The van der Waals surface area contributed by atoms with E-state index in [1.165, 1.54) is 37.4 Å². The molecule has 0 saturated carbocycles. The van der Waals surface area contributed by atoms with Crippen LogP contribution in [0.25, 0.3) is 10.9 Å². The van der Waals surface area contributed by atoms with Gasteiger partial charge in [-0.15, -0.1) is 11.6 Å². The molecule has 1 atom stereocenters. The fraction of sp³-hybridized carbons (Fsp3) is 0.190. The highest BCUT2D eigenvalue weighted by atomic mass is 35.5. The predicted octanol–water partition coefficient (Wildman–Crippen LogP) is 9.10. The van der Waals surface area contributed by atoms with Gasteiger partial charge in [-0.1, -0.05) is 46.9 Å². The summed E-state index contributed by atoms with van der Waals surface area (Å²) in [5.74, 6) is -2.61. The second-order valence-electron chi connectivity index (χ2n) is 13.1. The van der Waals surface area contributed by atoms with Crippen molar-refractivity contribution in [1.29, 1.82) is 0 Å². The molecule has 0 spiro atoms. The van der Waals surface area contributed by atoms with E-state index in [9.17, 15) is 40.8 Å². The quantitative estimate of drug-likeness (QED) is 0.0552. The number of urea groups is 1. The molecule has 366 valence electrons. The number of carboxylic acid groups (broad SMARTS) is 2. The minimum atomic E-state index is -4.56. The first kappa shape index (κ1) is 54.7. The molecule has 6 rings (SSSR count). The lowest BCUT2D eigenvalue weighted by atomic mass is 10.2. The topological polar surface area (TPSA) is 265 Å². The van der Waals surface area contributed by atoms with E-state index < -0.39 is 58.4 Å². The van der Waals surface area contributed by atoms with Gasteiger partial charge in [0.2, 0.25) is 5.95 Å². The average molecular weight is 1060 g/mol. The number of carboxylic acids is 2. The first-order valence-corrected chi connectivity index (χ1v) is 22.2. The standard InChI is InChI=1S/C17H11Cl2F3O5.C14H16ClN5O5S.C11H8ClNO3/c1-8(15(23)24)26-16(25)11-7-10(3-4-12(11)18)27-14-5-2-9(6-13(14)19)17(20,21)22;1-9-16-12(19-14(17-9)24-2)18-13(21)20-26(22,23)11-6-4-3-5-10(11)25-8-7-15;12-8-3-4-9(16-6-10(14)15)11-7(8)2-1-5-13-11/h2-8H,1H3,(H,23,24);3-6H,7-8H2,1-2H3,(H2,16,17,18,19,20,21);1-5H,6H2,(H,14,15)/t8-;;/m0../s1. The van der Waals surface area contributed by atoms with Crippen LogP contribution in [0, 0.1) is 6.92 Å². The number of nitrogens with zero attached hydrogens (tertiary/aromatic N) is 4. The molecule has 0 aliphatic carbocycles. The molecule has 19 nitrogen and oxygen atoms in total. The first-order valence-electron chi connectivity index (χ1n) is 19.1. The van der Waals surface area contributed by atoms with Gasteiger partial charge in [0.05, 0.1) is 39.2 Å². The molecule has 69 heavy (non-hydrogen) atoms. The van der Waals surface area contributed by atoms with E-state index in [2.05, 4.69) is 25.3 Å². The average Bonchev–Trinajstić information content (AvgIpc) is 3.29. The van der Waals surface area contributed by atoms with Gasteiger partial charge in [0, 0.05) is 11.6 Å². The van der Waals surface area contributed by atoms with Crippen molar-refractivity contribution in [1.82, 2.24) is 24.7 Å². The number of aliphatic carboxylic acids is 2. The molecular weight excluding hydrogens is 1030 g/mol. The number of fused-ring (bicyclic) bond motifs is 1. The maximum Gasteiger partial charge on any atom is 0.416 e. The summed E-state index contributed by atoms with van der Waals surface area (Å²) in [6, 6.07) is 18.0. The summed E-state index contributed by atoms with van der Waals surface area (Å²) >= 11 is 23.2. The number of amides is 2. The Morgan fingerprint density at radius 2 is 1.52 bits per heavy atom. The summed E-state index contributed by atoms with van der Waals surface area (Å²) in [5, 5.41) is 20.5. The van der Waals surface area contributed by atoms with E-state index in [1.54, 1.807) is 43.5 Å². The van der Waals surface area contributed by atoms with E-state index in [-0.39, 0.29) is 68.0 Å². The van der Waals surface area contributed by atoms with Crippen molar-refractivity contribution >= 4 is 97.2 Å². The number of nitrogens with one attached hydrogen (secondary N) is 2. The number of alkyl halides is 4. The number of carbonyl (C=O) groups excluding carboxylic acids is 2. The normalized spacial score (nSPS) is 11.3. The zero-order valence-electron chi connectivity index (χ0n) is 35.6. The molecule has 0 aliphatic rings. The lowest BCUT2D eigenvalue weighted by Crippen LogP contribution is -2.35. The Hall–Kier alpha value is -6.92. The van der Waals surface area contributed by atoms with Crippen molar-refractivity contribution in [2.75, 3.05) is 31.5 Å². The molecule has 0 fully saturated rings. The Balaban J connectivity index is 0.000000233. The molecule has 4 aromatic carbocycles. The number of benzene rings is 4. The van der Waals surface area contributed by atoms with Crippen molar-refractivity contribution < 1.29 is 74.7 Å². The highest BCUT2D eigenvalue weighted by Gasteiger charge is 2.31. The lowest BCUT2D eigenvalue weighted by Gasteiger charge is -2.13. The van der Waals surface area contributed by atoms with Gasteiger partial charge in [-0.2, -0.15) is 28.1 Å². The van der Waals surface area contributed by atoms with Gasteiger partial charge in [0.15, 0.2) is 12.7 Å². The van der Waals surface area contributed by atoms with Crippen LogP contribution in [0.5, 0.6) is 29.0 Å². The third-order valence-electron chi connectivity index (χ3n) is 8.14. The van der Waals surface area contributed by atoms with Crippen LogP contribution in [0.4, 0.5) is 23.9 Å². The van der Waals surface area contributed by atoms with E-state index >= 15 is 0 Å². The van der Waals surface area contributed by atoms with E-state index in [0.717, 1.165) is 30.5 Å². The summed E-state index contributed by atoms with van der Waals surface area (Å²) in [6.07, 6.45) is -4.35. The number of rotatable bonds is 15. The van der Waals surface area contributed by atoms with E-state index in [4.69, 9.17) is 80.3 Å². The second kappa shape index (κ2) is 24.9. The van der Waals surface area contributed by atoms with Gasteiger partial charge >= 0.3 is 36.1 Å². The zero-order valence-corrected chi connectivity index (χ0v) is 39.4. The highest BCUT2D eigenvalue weighted by molar-refractivity contribution is 7.90. The lowest BCUT2D eigenvalue weighted by molar-refractivity contribution is -0.146. The monoisotopic (exact) mass is 1060 g/mol. The van der Waals surface area contributed by atoms with Gasteiger partial charge in [0.25, 0.3) is 10.0 Å². The Labute approximate surface area is 409 Å². The fourth-order valence-electron chi connectivity index (χ4n) is 5.10. The largest absolute Gasteiger partial charge is 0.491 e. The molecule has 0 aliphatic heterocycles. The maximum absolute atomic E-state index is 12.7. The molecule has 0 bridgehead atoms. The maximum atomic E-state index is 12.7. The third-order valence-corrected chi connectivity index (χ3v) is 10.6. The van der Waals surface area contributed by atoms with Gasteiger partial charge in [-0.25, -0.2) is 32.3 Å². The molecule has 6 aromatic rings.